The number of nitrogens with zero attached hydrogens (tertiary/aromatic N) is 2. The Hall–Kier alpha value is -2.58. The molecule has 5 nitrogen and oxygen atoms in total. The topological polar surface area (TPSA) is 70.7 Å². The first-order valence-corrected chi connectivity index (χ1v) is 8.42. The Kier molecular flexibility index (Phi) is 5.38. The van der Waals surface area contributed by atoms with Gasteiger partial charge in [0.25, 0.3) is 0 Å². The van der Waals surface area contributed by atoms with E-state index < -0.39 is 17.6 Å². The zero-order chi connectivity index (χ0) is 19.6. The van der Waals surface area contributed by atoms with Gasteiger partial charge < -0.3 is 11.1 Å². The molecule has 1 aliphatic heterocycles. The second-order valence-corrected chi connectivity index (χ2v) is 6.51. The van der Waals surface area contributed by atoms with Gasteiger partial charge in [-0.25, -0.2) is 0 Å². The SMILES string of the molecule is NC1CN(CC(=O)Nc2ccc(C(F)(F)F)cc2)N=C1c1ccc(Cl)cc1. The summed E-state index contributed by atoms with van der Waals surface area (Å²) < 4.78 is 37.7. The highest BCUT2D eigenvalue weighted by molar-refractivity contribution is 6.30. The molecule has 0 saturated carbocycles. The molecule has 27 heavy (non-hydrogen) atoms. The smallest absolute Gasteiger partial charge is 0.324 e. The summed E-state index contributed by atoms with van der Waals surface area (Å²) in [5.41, 5.74) is 7.05. The largest absolute Gasteiger partial charge is 0.416 e. The number of rotatable bonds is 4. The highest BCUT2D eigenvalue weighted by Gasteiger charge is 2.30. The van der Waals surface area contributed by atoms with E-state index in [1.165, 1.54) is 17.1 Å². The number of benzene rings is 2. The Bertz CT molecular complexity index is 850. The Labute approximate surface area is 158 Å². The van der Waals surface area contributed by atoms with Crippen molar-refractivity contribution < 1.29 is 18.0 Å². The highest BCUT2D eigenvalue weighted by Crippen LogP contribution is 2.29. The van der Waals surface area contributed by atoms with E-state index in [1.807, 2.05) is 0 Å². The lowest BCUT2D eigenvalue weighted by molar-refractivity contribution is -0.137. The fourth-order valence-electron chi connectivity index (χ4n) is 2.68. The molecule has 142 valence electrons. The van der Waals surface area contributed by atoms with Crippen molar-refractivity contribution >= 4 is 28.9 Å². The van der Waals surface area contributed by atoms with Gasteiger partial charge in [0.05, 0.1) is 23.9 Å². The number of nitrogens with one attached hydrogen (secondary N) is 1. The summed E-state index contributed by atoms with van der Waals surface area (Å²) in [5.74, 6) is -0.400. The van der Waals surface area contributed by atoms with Gasteiger partial charge in [0.1, 0.15) is 6.54 Å². The Balaban J connectivity index is 1.62. The molecule has 0 bridgehead atoms. The van der Waals surface area contributed by atoms with Gasteiger partial charge in [0, 0.05) is 10.7 Å². The number of carbonyl (C=O) groups excluding carboxylic acids is 1. The van der Waals surface area contributed by atoms with Crippen molar-refractivity contribution in [1.29, 1.82) is 0 Å². The maximum Gasteiger partial charge on any atom is 0.416 e. The lowest BCUT2D eigenvalue weighted by atomic mass is 10.1. The molecule has 0 aromatic heterocycles. The summed E-state index contributed by atoms with van der Waals surface area (Å²) >= 11 is 5.87. The van der Waals surface area contributed by atoms with Crippen LogP contribution in [0.5, 0.6) is 0 Å². The van der Waals surface area contributed by atoms with Crippen LogP contribution in [-0.2, 0) is 11.0 Å². The van der Waals surface area contributed by atoms with Crippen molar-refractivity contribution in [3.05, 3.63) is 64.7 Å². The number of hydrogen-bond acceptors (Lipinski definition) is 4. The molecule has 0 saturated heterocycles. The van der Waals surface area contributed by atoms with E-state index in [2.05, 4.69) is 10.4 Å². The van der Waals surface area contributed by atoms with Gasteiger partial charge in [0.2, 0.25) is 5.91 Å². The molecule has 0 spiro atoms. The third-order valence-corrected chi connectivity index (χ3v) is 4.22. The van der Waals surface area contributed by atoms with Crippen molar-refractivity contribution in [1.82, 2.24) is 5.01 Å². The predicted molar refractivity (Wildman–Crippen MR) is 97.6 cm³/mol. The van der Waals surface area contributed by atoms with Crippen LogP contribution in [0.1, 0.15) is 11.1 Å². The zero-order valence-corrected chi connectivity index (χ0v) is 14.8. The van der Waals surface area contributed by atoms with Gasteiger partial charge in [0.15, 0.2) is 0 Å². The van der Waals surface area contributed by atoms with E-state index in [1.54, 1.807) is 24.3 Å². The summed E-state index contributed by atoms with van der Waals surface area (Å²) in [7, 11) is 0. The first-order valence-electron chi connectivity index (χ1n) is 8.04. The number of halogens is 4. The number of nitrogens with two attached hydrogens (primary N) is 1. The zero-order valence-electron chi connectivity index (χ0n) is 14.0. The Morgan fingerprint density at radius 2 is 1.81 bits per heavy atom. The summed E-state index contributed by atoms with van der Waals surface area (Å²) in [5, 5.41) is 9.04. The second-order valence-electron chi connectivity index (χ2n) is 6.07. The average Bonchev–Trinajstić information content (AvgIpc) is 2.95. The lowest BCUT2D eigenvalue weighted by Gasteiger charge is -2.14. The van der Waals surface area contributed by atoms with Crippen LogP contribution < -0.4 is 11.1 Å². The van der Waals surface area contributed by atoms with E-state index in [0.717, 1.165) is 17.7 Å². The predicted octanol–water partition coefficient (Wildman–Crippen LogP) is 3.34. The molecule has 9 heteroatoms. The third-order valence-electron chi connectivity index (χ3n) is 3.97. The first kappa shape index (κ1) is 19.2. The minimum absolute atomic E-state index is 0.0637. The minimum Gasteiger partial charge on any atom is -0.324 e. The van der Waals surface area contributed by atoms with E-state index >= 15 is 0 Å². The molecule has 1 aliphatic rings. The third kappa shape index (κ3) is 4.78. The maximum absolute atomic E-state index is 12.6. The Morgan fingerprint density at radius 1 is 1.19 bits per heavy atom. The van der Waals surface area contributed by atoms with Crippen LogP contribution in [0.2, 0.25) is 5.02 Å². The number of alkyl halides is 3. The van der Waals surface area contributed by atoms with E-state index in [4.69, 9.17) is 17.3 Å². The average molecular weight is 397 g/mol. The quantitative estimate of drug-likeness (QED) is 0.832. The van der Waals surface area contributed by atoms with Gasteiger partial charge in [-0.2, -0.15) is 18.3 Å². The molecule has 1 amide bonds. The molecule has 0 radical (unpaired) electrons. The summed E-state index contributed by atoms with van der Waals surface area (Å²) in [6, 6.07) is 10.9. The molecule has 3 N–H and O–H groups in total. The number of anilines is 1. The summed E-state index contributed by atoms with van der Waals surface area (Å²) in [6.07, 6.45) is -4.42. The molecular formula is C18H16ClF3N4O. The van der Waals surface area contributed by atoms with Crippen LogP contribution >= 0.6 is 11.6 Å². The van der Waals surface area contributed by atoms with Gasteiger partial charge in [-0.15, -0.1) is 0 Å². The molecule has 0 aliphatic carbocycles. The molecule has 2 aromatic carbocycles. The number of carbonyl (C=O) groups is 1. The normalized spacial score (nSPS) is 17.0. The fraction of sp³-hybridized carbons (Fsp3) is 0.222. The molecule has 3 rings (SSSR count). The molecule has 1 heterocycles. The van der Waals surface area contributed by atoms with Gasteiger partial charge in [-0.3, -0.25) is 9.80 Å². The fourth-order valence-corrected chi connectivity index (χ4v) is 2.81. The number of amides is 1. The Morgan fingerprint density at radius 3 is 2.41 bits per heavy atom. The van der Waals surface area contributed by atoms with Crippen LogP contribution in [0.4, 0.5) is 18.9 Å². The van der Waals surface area contributed by atoms with Crippen LogP contribution in [0, 0.1) is 0 Å². The second kappa shape index (κ2) is 7.58. The van der Waals surface area contributed by atoms with E-state index in [9.17, 15) is 18.0 Å². The van der Waals surface area contributed by atoms with Crippen LogP contribution in [0.3, 0.4) is 0 Å². The minimum atomic E-state index is -4.42. The molecule has 2 aromatic rings. The first-order chi connectivity index (χ1) is 12.7. The van der Waals surface area contributed by atoms with Crippen LogP contribution in [0.15, 0.2) is 53.6 Å². The van der Waals surface area contributed by atoms with Crippen LogP contribution in [0.25, 0.3) is 0 Å². The standard InChI is InChI=1S/C18H16ClF3N4O/c19-13-5-1-11(2-6-13)17-15(23)9-26(25-17)10-16(27)24-14-7-3-12(4-8-14)18(20,21)22/h1-8,15H,9-10,23H2,(H,24,27). The van der Waals surface area contributed by atoms with E-state index in [-0.39, 0.29) is 18.3 Å². The van der Waals surface area contributed by atoms with Crippen molar-refractivity contribution in [2.24, 2.45) is 10.8 Å². The van der Waals surface area contributed by atoms with Crippen molar-refractivity contribution in [2.75, 3.05) is 18.4 Å². The molecule has 0 fully saturated rings. The number of hydrazone groups is 1. The van der Waals surface area contributed by atoms with Gasteiger partial charge in [-0.1, -0.05) is 23.7 Å². The van der Waals surface area contributed by atoms with Crippen molar-refractivity contribution in [3.8, 4) is 0 Å². The molecule has 1 atom stereocenters. The number of hydrogen-bond donors (Lipinski definition) is 2. The molecule has 1 unspecified atom stereocenters. The maximum atomic E-state index is 12.6. The van der Waals surface area contributed by atoms with Crippen molar-refractivity contribution in [3.63, 3.8) is 0 Å². The monoisotopic (exact) mass is 396 g/mol. The summed E-state index contributed by atoms with van der Waals surface area (Å²) in [6.45, 7) is 0.296. The summed E-state index contributed by atoms with van der Waals surface area (Å²) in [4.78, 5) is 12.1. The molecular weight excluding hydrogens is 381 g/mol. The van der Waals surface area contributed by atoms with Gasteiger partial charge >= 0.3 is 6.18 Å². The highest BCUT2D eigenvalue weighted by atomic mass is 35.5. The van der Waals surface area contributed by atoms with Crippen LogP contribution in [-0.4, -0.2) is 35.8 Å². The van der Waals surface area contributed by atoms with E-state index in [0.29, 0.717) is 17.3 Å². The van der Waals surface area contributed by atoms with Crippen molar-refractivity contribution in [2.45, 2.75) is 12.2 Å². The van der Waals surface area contributed by atoms with Gasteiger partial charge in [-0.05, 0) is 42.0 Å². The lowest BCUT2D eigenvalue weighted by Crippen LogP contribution is -2.36.